The van der Waals surface area contributed by atoms with Crippen molar-refractivity contribution in [3.05, 3.63) is 65.7 Å². The molecule has 0 saturated carbocycles. The molecule has 1 N–H and O–H groups in total. The van der Waals surface area contributed by atoms with Crippen molar-refractivity contribution in [3.8, 4) is 0 Å². The molecule has 0 radical (unpaired) electrons. The van der Waals surface area contributed by atoms with Gasteiger partial charge < -0.3 is 5.32 Å². The van der Waals surface area contributed by atoms with E-state index in [4.69, 9.17) is 0 Å². The fourth-order valence-corrected chi connectivity index (χ4v) is 3.91. The van der Waals surface area contributed by atoms with Crippen LogP contribution < -0.4 is 5.32 Å². The van der Waals surface area contributed by atoms with E-state index in [0.717, 1.165) is 17.7 Å². The third-order valence-corrected chi connectivity index (χ3v) is 5.64. The molecule has 140 valence electrons. The van der Waals surface area contributed by atoms with Crippen molar-refractivity contribution in [2.75, 3.05) is 7.05 Å². The van der Waals surface area contributed by atoms with Crippen LogP contribution in [-0.4, -0.2) is 34.2 Å². The maximum absolute atomic E-state index is 12.5. The van der Waals surface area contributed by atoms with E-state index in [1.807, 2.05) is 54.6 Å². The number of carbonyl (C=O) groups is 2. The van der Waals surface area contributed by atoms with E-state index in [1.54, 1.807) is 7.05 Å². The predicted molar refractivity (Wildman–Crippen MR) is 110 cm³/mol. The molecule has 1 aliphatic rings. The summed E-state index contributed by atoms with van der Waals surface area (Å²) < 4.78 is 0. The van der Waals surface area contributed by atoms with Gasteiger partial charge in [-0.05, 0) is 29.7 Å². The Morgan fingerprint density at radius 3 is 2.48 bits per heavy atom. The number of rotatable bonds is 6. The zero-order valence-electron chi connectivity index (χ0n) is 15.5. The standard InChI is InChI=1S/C21H23N3O2S/c1-3-15-9-11-17(12-10-15)23-21-24(2)20(26)18(27-21)13-19(25)22-14-16-7-5-4-6-8-16/h4-12,18H,3,13-14H2,1-2H3,(H,22,25)/t18-/m1/s1. The van der Waals surface area contributed by atoms with Crippen molar-refractivity contribution < 1.29 is 9.59 Å². The third-order valence-electron chi connectivity index (χ3n) is 4.41. The van der Waals surface area contributed by atoms with Crippen molar-refractivity contribution in [2.24, 2.45) is 4.99 Å². The summed E-state index contributed by atoms with van der Waals surface area (Å²) >= 11 is 1.35. The van der Waals surface area contributed by atoms with Gasteiger partial charge in [0.15, 0.2) is 5.17 Å². The highest BCUT2D eigenvalue weighted by Crippen LogP contribution is 2.30. The number of nitrogens with one attached hydrogen (secondary N) is 1. The van der Waals surface area contributed by atoms with Gasteiger partial charge in [0, 0.05) is 20.0 Å². The maximum Gasteiger partial charge on any atom is 0.242 e. The van der Waals surface area contributed by atoms with Crippen LogP contribution in [0.5, 0.6) is 0 Å². The summed E-state index contributed by atoms with van der Waals surface area (Å²) in [6.07, 6.45) is 1.12. The summed E-state index contributed by atoms with van der Waals surface area (Å²) in [6.45, 7) is 2.57. The van der Waals surface area contributed by atoms with Crippen LogP contribution in [0.3, 0.4) is 0 Å². The van der Waals surface area contributed by atoms with Crippen LogP contribution in [0.25, 0.3) is 0 Å². The number of amidine groups is 1. The molecule has 2 aromatic carbocycles. The quantitative estimate of drug-likeness (QED) is 0.833. The SMILES string of the molecule is CCc1ccc(N=C2S[C@H](CC(=O)NCc3ccccc3)C(=O)N2C)cc1. The highest BCUT2D eigenvalue weighted by atomic mass is 32.2. The predicted octanol–water partition coefficient (Wildman–Crippen LogP) is 3.52. The molecular formula is C21H23N3O2S. The molecular weight excluding hydrogens is 358 g/mol. The lowest BCUT2D eigenvalue weighted by Crippen LogP contribution is -2.32. The van der Waals surface area contributed by atoms with Crippen LogP contribution >= 0.6 is 11.8 Å². The molecule has 0 spiro atoms. The number of benzene rings is 2. The van der Waals surface area contributed by atoms with Gasteiger partial charge in [-0.1, -0.05) is 61.2 Å². The Labute approximate surface area is 163 Å². The number of aliphatic imine (C=N–C) groups is 1. The van der Waals surface area contributed by atoms with Crippen molar-refractivity contribution in [3.63, 3.8) is 0 Å². The lowest BCUT2D eigenvalue weighted by atomic mass is 10.2. The minimum absolute atomic E-state index is 0.0845. The van der Waals surface area contributed by atoms with E-state index in [-0.39, 0.29) is 18.2 Å². The van der Waals surface area contributed by atoms with E-state index < -0.39 is 5.25 Å². The summed E-state index contributed by atoms with van der Waals surface area (Å²) in [6, 6.07) is 17.7. The maximum atomic E-state index is 12.5. The first-order chi connectivity index (χ1) is 13.1. The van der Waals surface area contributed by atoms with E-state index in [2.05, 4.69) is 17.2 Å². The molecule has 2 amide bonds. The Morgan fingerprint density at radius 1 is 1.11 bits per heavy atom. The smallest absolute Gasteiger partial charge is 0.242 e. The van der Waals surface area contributed by atoms with Crippen LogP contribution in [0.15, 0.2) is 59.6 Å². The molecule has 0 aliphatic carbocycles. The fraction of sp³-hybridized carbons (Fsp3) is 0.286. The van der Waals surface area contributed by atoms with Gasteiger partial charge >= 0.3 is 0 Å². The zero-order valence-corrected chi connectivity index (χ0v) is 16.3. The normalized spacial score (nSPS) is 18.1. The molecule has 1 heterocycles. The average Bonchev–Trinajstić information content (AvgIpc) is 2.95. The second-order valence-electron chi connectivity index (χ2n) is 6.38. The third kappa shape index (κ3) is 4.98. The van der Waals surface area contributed by atoms with Crippen molar-refractivity contribution in [1.82, 2.24) is 10.2 Å². The molecule has 6 heteroatoms. The Hall–Kier alpha value is -2.60. The average molecular weight is 382 g/mol. The zero-order chi connectivity index (χ0) is 19.2. The van der Waals surface area contributed by atoms with Gasteiger partial charge in [0.2, 0.25) is 11.8 Å². The van der Waals surface area contributed by atoms with Crippen molar-refractivity contribution in [1.29, 1.82) is 0 Å². The molecule has 0 unspecified atom stereocenters. The van der Waals surface area contributed by atoms with Gasteiger partial charge in [0.25, 0.3) is 0 Å². The summed E-state index contributed by atoms with van der Waals surface area (Å²) in [4.78, 5) is 30.8. The minimum Gasteiger partial charge on any atom is -0.352 e. The van der Waals surface area contributed by atoms with Crippen molar-refractivity contribution in [2.45, 2.75) is 31.6 Å². The molecule has 3 rings (SSSR count). The summed E-state index contributed by atoms with van der Waals surface area (Å²) in [5, 5.41) is 3.07. The van der Waals surface area contributed by atoms with Crippen molar-refractivity contribution >= 4 is 34.4 Å². The Bertz CT molecular complexity index is 834. The fourth-order valence-electron chi connectivity index (χ4n) is 2.75. The molecule has 1 atom stereocenters. The van der Waals surface area contributed by atoms with Gasteiger partial charge in [-0.2, -0.15) is 0 Å². The summed E-state index contributed by atoms with van der Waals surface area (Å²) in [5.41, 5.74) is 3.09. The van der Waals surface area contributed by atoms with Gasteiger partial charge in [-0.15, -0.1) is 0 Å². The lowest BCUT2D eigenvalue weighted by molar-refractivity contribution is -0.128. The number of amides is 2. The van der Waals surface area contributed by atoms with Crippen LogP contribution in [0, 0.1) is 0 Å². The van der Waals surface area contributed by atoms with E-state index in [9.17, 15) is 9.59 Å². The van der Waals surface area contributed by atoms with Gasteiger partial charge in [-0.25, -0.2) is 4.99 Å². The number of hydrogen-bond donors (Lipinski definition) is 1. The monoisotopic (exact) mass is 381 g/mol. The first-order valence-corrected chi connectivity index (χ1v) is 9.87. The number of nitrogens with zero attached hydrogens (tertiary/aromatic N) is 2. The highest BCUT2D eigenvalue weighted by Gasteiger charge is 2.36. The molecule has 1 saturated heterocycles. The summed E-state index contributed by atoms with van der Waals surface area (Å²) in [5.74, 6) is -0.217. The number of thioether (sulfide) groups is 1. The van der Waals surface area contributed by atoms with E-state index in [0.29, 0.717) is 11.7 Å². The van der Waals surface area contributed by atoms with E-state index in [1.165, 1.54) is 22.2 Å². The second-order valence-corrected chi connectivity index (χ2v) is 7.55. The topological polar surface area (TPSA) is 61.8 Å². The van der Waals surface area contributed by atoms with Crippen LogP contribution in [-0.2, 0) is 22.6 Å². The highest BCUT2D eigenvalue weighted by molar-refractivity contribution is 8.15. The number of hydrogen-bond acceptors (Lipinski definition) is 4. The molecule has 2 aromatic rings. The van der Waals surface area contributed by atoms with Gasteiger partial charge in [-0.3, -0.25) is 14.5 Å². The van der Waals surface area contributed by atoms with Crippen LogP contribution in [0.4, 0.5) is 5.69 Å². The molecule has 5 nitrogen and oxygen atoms in total. The Kier molecular flexibility index (Phi) is 6.29. The molecule has 0 aromatic heterocycles. The lowest BCUT2D eigenvalue weighted by Gasteiger charge is -2.09. The van der Waals surface area contributed by atoms with Gasteiger partial charge in [0.05, 0.1) is 5.69 Å². The summed E-state index contributed by atoms with van der Waals surface area (Å²) in [7, 11) is 1.70. The molecule has 1 fully saturated rings. The second kappa shape index (κ2) is 8.86. The van der Waals surface area contributed by atoms with Crippen LogP contribution in [0.1, 0.15) is 24.5 Å². The van der Waals surface area contributed by atoms with E-state index >= 15 is 0 Å². The first kappa shape index (κ1) is 19.2. The first-order valence-electron chi connectivity index (χ1n) is 8.99. The molecule has 0 bridgehead atoms. The van der Waals surface area contributed by atoms with Gasteiger partial charge in [0.1, 0.15) is 5.25 Å². The Morgan fingerprint density at radius 2 is 1.81 bits per heavy atom. The minimum atomic E-state index is -0.431. The largest absolute Gasteiger partial charge is 0.352 e. The number of aryl methyl sites for hydroxylation is 1. The Balaban J connectivity index is 1.59. The van der Waals surface area contributed by atoms with Crippen LogP contribution in [0.2, 0.25) is 0 Å². The molecule has 1 aliphatic heterocycles. The number of carbonyl (C=O) groups excluding carboxylic acids is 2. The molecule has 27 heavy (non-hydrogen) atoms.